The number of aliphatic hydroxyl groups excluding tert-OH is 4. The lowest BCUT2D eigenvalue weighted by Gasteiger charge is -2.40. The molecule has 0 unspecified atom stereocenters. The van der Waals surface area contributed by atoms with Crippen molar-refractivity contribution in [2.45, 2.75) is 37.4 Å². The smallest absolute Gasteiger partial charge is 0.339 e. The summed E-state index contributed by atoms with van der Waals surface area (Å²) in [6, 6.07) is 0.716. The van der Waals surface area contributed by atoms with Gasteiger partial charge in [-0.25, -0.2) is 4.79 Å². The minimum absolute atomic E-state index is 0.308. The quantitative estimate of drug-likeness (QED) is 0.154. The van der Waals surface area contributed by atoms with Crippen LogP contribution in [0.3, 0.4) is 0 Å². The first-order valence-corrected chi connectivity index (χ1v) is 10.2. The Kier molecular flexibility index (Phi) is 5.70. The second-order valence-electron chi connectivity index (χ2n) is 8.24. The summed E-state index contributed by atoms with van der Waals surface area (Å²) in [6.45, 7) is 0.291. The van der Waals surface area contributed by atoms with Gasteiger partial charge in [-0.15, -0.1) is 0 Å². The van der Waals surface area contributed by atoms with E-state index >= 15 is 0 Å². The third-order valence-corrected chi connectivity index (χ3v) is 6.33. The van der Waals surface area contributed by atoms with Gasteiger partial charge in [-0.1, -0.05) is 0 Å². The van der Waals surface area contributed by atoms with E-state index in [4.69, 9.17) is 4.74 Å². The Morgan fingerprint density at radius 3 is 2.06 bits per heavy atom. The van der Waals surface area contributed by atoms with Crippen molar-refractivity contribution in [2.24, 2.45) is 0 Å². The van der Waals surface area contributed by atoms with E-state index in [0.717, 1.165) is 6.92 Å². The molecule has 5 atom stereocenters. The lowest BCUT2D eigenvalue weighted by molar-refractivity contribution is -0.232. The number of phenols is 4. The molecule has 2 aromatic carbocycles. The number of hydrogen-bond acceptors (Lipinski definition) is 12. The standard InChI is InChI=1S/C22H20O13/c1-4-8-5(2-6(24)9(4)22(33)34)13(25)10-11(15(8)27)16(28)12(18(30)17(10)29)21-20(32)19(31)14(26)7(3-23)35-21/h2,7,14,19-21,23-24,26,28-32H,3H2,1H3,(H,33,34)/t7-,14-,19+,20+,21+/m1/s1. The van der Waals surface area contributed by atoms with E-state index in [1.165, 1.54) is 0 Å². The minimum Gasteiger partial charge on any atom is -0.507 e. The molecule has 2 aromatic rings. The molecule has 9 N–H and O–H groups in total. The molecule has 186 valence electrons. The van der Waals surface area contributed by atoms with Crippen LogP contribution in [0.5, 0.6) is 23.0 Å². The second kappa shape index (κ2) is 8.18. The van der Waals surface area contributed by atoms with Crippen LogP contribution in [-0.2, 0) is 4.74 Å². The van der Waals surface area contributed by atoms with E-state index in [-0.39, 0.29) is 5.56 Å². The molecule has 2 aliphatic rings. The summed E-state index contributed by atoms with van der Waals surface area (Å²) in [5, 5.41) is 91.5. The molecule has 0 radical (unpaired) electrons. The maximum atomic E-state index is 13.4. The van der Waals surface area contributed by atoms with E-state index in [1.807, 2.05) is 0 Å². The largest absolute Gasteiger partial charge is 0.507 e. The number of carboxylic acid groups (broad SMARTS) is 1. The summed E-state index contributed by atoms with van der Waals surface area (Å²) in [6.07, 6.45) is -9.12. The Labute approximate surface area is 195 Å². The fraction of sp³-hybridized carbons (Fsp3) is 0.318. The molecular formula is C22H20O13. The Hall–Kier alpha value is -3.75. The maximum Gasteiger partial charge on any atom is 0.339 e. The van der Waals surface area contributed by atoms with Crippen LogP contribution in [0.2, 0.25) is 0 Å². The van der Waals surface area contributed by atoms with Crippen LogP contribution in [0.25, 0.3) is 0 Å². The van der Waals surface area contributed by atoms with Gasteiger partial charge in [0.25, 0.3) is 0 Å². The Bertz CT molecular complexity index is 1300. The molecule has 1 aliphatic carbocycles. The van der Waals surface area contributed by atoms with Crippen molar-refractivity contribution in [3.63, 3.8) is 0 Å². The van der Waals surface area contributed by atoms with Crippen molar-refractivity contribution in [3.8, 4) is 23.0 Å². The summed E-state index contributed by atoms with van der Waals surface area (Å²) in [4.78, 5) is 38.1. The SMILES string of the molecule is Cc1c(C(=O)O)c(O)cc2c1C(=O)c1c(O)c([C@@H]3O[C@H](CO)[C@@H](O)[C@H](O)[C@@H]3O)c(O)c(O)c1C2=O. The Balaban J connectivity index is 1.99. The summed E-state index contributed by atoms with van der Waals surface area (Å²) in [7, 11) is 0. The van der Waals surface area contributed by atoms with Crippen LogP contribution in [0.4, 0.5) is 0 Å². The summed E-state index contributed by atoms with van der Waals surface area (Å²) in [5.41, 5.74) is -4.49. The molecule has 35 heavy (non-hydrogen) atoms. The highest BCUT2D eigenvalue weighted by Crippen LogP contribution is 2.52. The van der Waals surface area contributed by atoms with E-state index in [1.54, 1.807) is 0 Å². The Morgan fingerprint density at radius 2 is 1.49 bits per heavy atom. The zero-order valence-corrected chi connectivity index (χ0v) is 17.8. The fourth-order valence-electron chi connectivity index (χ4n) is 4.58. The number of carbonyl (C=O) groups is 3. The average Bonchev–Trinajstić information content (AvgIpc) is 2.79. The number of aliphatic hydroxyl groups is 4. The van der Waals surface area contributed by atoms with Crippen LogP contribution < -0.4 is 0 Å². The van der Waals surface area contributed by atoms with Crippen LogP contribution in [0.15, 0.2) is 6.07 Å². The van der Waals surface area contributed by atoms with Crippen molar-refractivity contribution in [1.29, 1.82) is 0 Å². The van der Waals surface area contributed by atoms with Gasteiger partial charge in [0.15, 0.2) is 23.1 Å². The predicted octanol–water partition coefficient (Wildman–Crippen LogP) is -1.19. The molecule has 1 fully saturated rings. The van der Waals surface area contributed by atoms with Gasteiger partial charge in [0, 0.05) is 11.1 Å². The third-order valence-electron chi connectivity index (χ3n) is 6.33. The van der Waals surface area contributed by atoms with Crippen LogP contribution in [0, 0.1) is 6.92 Å². The number of benzene rings is 2. The molecule has 4 rings (SSSR count). The fourth-order valence-corrected chi connectivity index (χ4v) is 4.58. The van der Waals surface area contributed by atoms with Crippen molar-refractivity contribution in [3.05, 3.63) is 45.0 Å². The topological polar surface area (TPSA) is 243 Å². The minimum atomic E-state index is -2.03. The van der Waals surface area contributed by atoms with Gasteiger partial charge in [-0.3, -0.25) is 9.59 Å². The highest BCUT2D eigenvalue weighted by atomic mass is 16.5. The second-order valence-corrected chi connectivity index (χ2v) is 8.24. The number of aromatic carboxylic acids is 1. The first-order valence-electron chi connectivity index (χ1n) is 10.2. The summed E-state index contributed by atoms with van der Waals surface area (Å²) in [5.74, 6) is -8.24. The molecule has 0 bridgehead atoms. The number of carbonyl (C=O) groups excluding carboxylic acids is 2. The first-order chi connectivity index (χ1) is 16.3. The van der Waals surface area contributed by atoms with Gasteiger partial charge in [0.1, 0.15) is 47.6 Å². The number of fused-ring (bicyclic) bond motifs is 2. The van der Waals surface area contributed by atoms with E-state index in [9.17, 15) is 60.3 Å². The summed E-state index contributed by atoms with van der Waals surface area (Å²) < 4.78 is 5.30. The number of rotatable bonds is 3. The maximum absolute atomic E-state index is 13.4. The summed E-state index contributed by atoms with van der Waals surface area (Å²) >= 11 is 0. The molecule has 1 saturated heterocycles. The van der Waals surface area contributed by atoms with E-state index < -0.39 is 111 Å². The lowest BCUT2D eigenvalue weighted by Crippen LogP contribution is -2.55. The molecule has 13 heteroatoms. The van der Waals surface area contributed by atoms with Gasteiger partial charge in [0.2, 0.25) is 0 Å². The van der Waals surface area contributed by atoms with Crippen molar-refractivity contribution in [2.75, 3.05) is 6.61 Å². The van der Waals surface area contributed by atoms with Crippen LogP contribution in [-0.4, -0.2) is 94.5 Å². The van der Waals surface area contributed by atoms with Gasteiger partial charge < -0.3 is 50.7 Å². The molecule has 0 saturated carbocycles. The molecular weight excluding hydrogens is 472 g/mol. The molecule has 1 heterocycles. The monoisotopic (exact) mass is 492 g/mol. The molecule has 0 aromatic heterocycles. The van der Waals surface area contributed by atoms with Crippen LogP contribution in [0.1, 0.15) is 59.4 Å². The van der Waals surface area contributed by atoms with Gasteiger partial charge in [-0.05, 0) is 18.6 Å². The molecule has 13 nitrogen and oxygen atoms in total. The third kappa shape index (κ3) is 3.25. The van der Waals surface area contributed by atoms with Crippen molar-refractivity contribution in [1.82, 2.24) is 0 Å². The predicted molar refractivity (Wildman–Crippen MR) is 111 cm³/mol. The zero-order chi connectivity index (χ0) is 26.1. The lowest BCUT2D eigenvalue weighted by atomic mass is 9.77. The van der Waals surface area contributed by atoms with Crippen LogP contribution >= 0.6 is 0 Å². The molecule has 0 amide bonds. The normalized spacial score (nSPS) is 25.8. The van der Waals surface area contributed by atoms with Gasteiger partial charge >= 0.3 is 5.97 Å². The Morgan fingerprint density at radius 1 is 0.886 bits per heavy atom. The molecule has 0 spiro atoms. The first kappa shape index (κ1) is 24.4. The number of phenolic OH excluding ortho intramolecular Hbond substituents is 3. The number of ketones is 2. The highest BCUT2D eigenvalue weighted by Gasteiger charge is 2.48. The number of aromatic hydroxyl groups is 4. The zero-order valence-electron chi connectivity index (χ0n) is 17.8. The average molecular weight is 492 g/mol. The van der Waals surface area contributed by atoms with Gasteiger partial charge in [-0.2, -0.15) is 0 Å². The van der Waals surface area contributed by atoms with Crippen molar-refractivity contribution < 1.29 is 65.1 Å². The number of hydrogen-bond donors (Lipinski definition) is 9. The van der Waals surface area contributed by atoms with Gasteiger partial charge in [0.05, 0.1) is 23.3 Å². The highest BCUT2D eigenvalue weighted by molar-refractivity contribution is 6.31. The van der Waals surface area contributed by atoms with Crippen molar-refractivity contribution >= 4 is 17.5 Å². The van der Waals surface area contributed by atoms with E-state index in [2.05, 4.69) is 0 Å². The number of carboxylic acids is 1. The number of ether oxygens (including phenoxy) is 1. The molecule has 1 aliphatic heterocycles. The van der Waals surface area contributed by atoms with E-state index in [0.29, 0.717) is 6.07 Å².